The van der Waals surface area contributed by atoms with Crippen LogP contribution in [0.5, 0.6) is 0 Å². The van der Waals surface area contributed by atoms with Gasteiger partial charge in [-0.15, -0.1) is 0 Å². The predicted molar refractivity (Wildman–Crippen MR) is 57.8 cm³/mol. The highest BCUT2D eigenvalue weighted by atomic mass is 16.1. The van der Waals surface area contributed by atoms with Gasteiger partial charge in [0.1, 0.15) is 6.29 Å². The van der Waals surface area contributed by atoms with E-state index in [2.05, 4.69) is 25.1 Å². The molecule has 0 spiro atoms. The van der Waals surface area contributed by atoms with Gasteiger partial charge in [-0.1, -0.05) is 42.0 Å². The average Bonchev–Trinajstić information content (AvgIpc) is 3.00. The topological polar surface area (TPSA) is 17.1 Å². The Bertz CT molecular complexity index is 358. The van der Waals surface area contributed by atoms with Gasteiger partial charge in [0.05, 0.1) is 0 Å². The molecule has 1 saturated carbocycles. The standard InChI is InChI=1S/C13H14O/c1-11(13(10-14)7-8-13)9-12-5-3-2-4-6-12/h2-6,9-10H,7-8H2,1H3/b11-9+. The summed E-state index contributed by atoms with van der Waals surface area (Å²) in [5.41, 5.74) is 2.26. The van der Waals surface area contributed by atoms with Crippen molar-refractivity contribution >= 4 is 12.4 Å². The minimum absolute atomic E-state index is 0.115. The highest BCUT2D eigenvalue weighted by Crippen LogP contribution is 2.50. The molecule has 0 radical (unpaired) electrons. The van der Waals surface area contributed by atoms with Crippen molar-refractivity contribution in [1.29, 1.82) is 0 Å². The summed E-state index contributed by atoms with van der Waals surface area (Å²) in [6, 6.07) is 10.1. The van der Waals surface area contributed by atoms with Crippen LogP contribution in [0.15, 0.2) is 35.9 Å². The van der Waals surface area contributed by atoms with Crippen molar-refractivity contribution in [2.75, 3.05) is 0 Å². The van der Waals surface area contributed by atoms with E-state index in [1.54, 1.807) is 0 Å². The van der Waals surface area contributed by atoms with Crippen molar-refractivity contribution in [1.82, 2.24) is 0 Å². The molecule has 0 saturated heterocycles. The number of rotatable bonds is 3. The summed E-state index contributed by atoms with van der Waals surface area (Å²) in [5, 5.41) is 0. The number of carbonyl (C=O) groups is 1. The molecule has 0 aromatic heterocycles. The molecule has 0 amide bonds. The van der Waals surface area contributed by atoms with Crippen molar-refractivity contribution < 1.29 is 4.79 Å². The molecule has 0 N–H and O–H groups in total. The maximum absolute atomic E-state index is 10.9. The van der Waals surface area contributed by atoms with Crippen LogP contribution in [0.25, 0.3) is 6.08 Å². The SMILES string of the molecule is C/C(=C\c1ccccc1)C1(C=O)CC1. The largest absolute Gasteiger partial charge is 0.302 e. The van der Waals surface area contributed by atoms with E-state index < -0.39 is 0 Å². The van der Waals surface area contributed by atoms with Crippen LogP contribution in [0.2, 0.25) is 0 Å². The van der Waals surface area contributed by atoms with E-state index in [9.17, 15) is 4.79 Å². The number of carbonyl (C=O) groups excluding carboxylic acids is 1. The maximum atomic E-state index is 10.9. The normalized spacial score (nSPS) is 19.1. The lowest BCUT2D eigenvalue weighted by atomic mass is 9.97. The quantitative estimate of drug-likeness (QED) is 0.663. The van der Waals surface area contributed by atoms with Gasteiger partial charge in [0.15, 0.2) is 0 Å². The lowest BCUT2D eigenvalue weighted by Gasteiger charge is -2.06. The van der Waals surface area contributed by atoms with Gasteiger partial charge >= 0.3 is 0 Å². The van der Waals surface area contributed by atoms with Crippen molar-refractivity contribution in [3.63, 3.8) is 0 Å². The second kappa shape index (κ2) is 3.41. The van der Waals surface area contributed by atoms with Gasteiger partial charge in [0.2, 0.25) is 0 Å². The molecule has 72 valence electrons. The molecule has 0 atom stereocenters. The molecule has 1 heteroatoms. The molecule has 1 aliphatic rings. The minimum Gasteiger partial charge on any atom is -0.302 e. The van der Waals surface area contributed by atoms with Gasteiger partial charge in [0, 0.05) is 5.41 Å². The Morgan fingerprint density at radius 1 is 1.29 bits per heavy atom. The summed E-state index contributed by atoms with van der Waals surface area (Å²) < 4.78 is 0. The Kier molecular flexibility index (Phi) is 2.24. The molecule has 14 heavy (non-hydrogen) atoms. The first kappa shape index (κ1) is 9.20. The third-order valence-corrected chi connectivity index (χ3v) is 2.98. The van der Waals surface area contributed by atoms with E-state index in [1.807, 2.05) is 18.2 Å². The fourth-order valence-corrected chi connectivity index (χ4v) is 1.68. The Labute approximate surface area is 84.5 Å². The number of aldehydes is 1. The second-order valence-electron chi connectivity index (χ2n) is 4.01. The first-order valence-electron chi connectivity index (χ1n) is 4.97. The van der Waals surface area contributed by atoms with Crippen LogP contribution in [-0.2, 0) is 4.79 Å². The minimum atomic E-state index is -0.115. The first-order chi connectivity index (χ1) is 6.77. The van der Waals surface area contributed by atoms with E-state index in [1.165, 1.54) is 11.1 Å². The second-order valence-corrected chi connectivity index (χ2v) is 4.01. The molecular formula is C13H14O. The number of hydrogen-bond acceptors (Lipinski definition) is 1. The summed E-state index contributed by atoms with van der Waals surface area (Å²) >= 11 is 0. The number of hydrogen-bond donors (Lipinski definition) is 0. The van der Waals surface area contributed by atoms with Crippen LogP contribution >= 0.6 is 0 Å². The number of allylic oxidation sites excluding steroid dienone is 1. The lowest BCUT2D eigenvalue weighted by molar-refractivity contribution is -0.111. The molecular weight excluding hydrogens is 172 g/mol. The molecule has 0 aliphatic heterocycles. The van der Waals surface area contributed by atoms with Gasteiger partial charge < -0.3 is 4.79 Å². The highest BCUT2D eigenvalue weighted by molar-refractivity contribution is 5.73. The average molecular weight is 186 g/mol. The molecule has 2 rings (SSSR count). The Balaban J connectivity index is 2.23. The number of benzene rings is 1. The maximum Gasteiger partial charge on any atom is 0.130 e. The summed E-state index contributed by atoms with van der Waals surface area (Å²) in [5.74, 6) is 0. The van der Waals surface area contributed by atoms with Gasteiger partial charge in [-0.25, -0.2) is 0 Å². The molecule has 0 bridgehead atoms. The van der Waals surface area contributed by atoms with E-state index >= 15 is 0 Å². The van der Waals surface area contributed by atoms with Crippen LogP contribution < -0.4 is 0 Å². The first-order valence-corrected chi connectivity index (χ1v) is 4.97. The zero-order chi connectivity index (χ0) is 10.0. The monoisotopic (exact) mass is 186 g/mol. The molecule has 1 aliphatic carbocycles. The highest BCUT2D eigenvalue weighted by Gasteiger charge is 2.43. The molecule has 1 aromatic carbocycles. The van der Waals surface area contributed by atoms with Crippen LogP contribution in [0.4, 0.5) is 0 Å². The van der Waals surface area contributed by atoms with Gasteiger partial charge in [-0.2, -0.15) is 0 Å². The predicted octanol–water partition coefficient (Wildman–Crippen LogP) is 3.07. The van der Waals surface area contributed by atoms with E-state index in [-0.39, 0.29) is 5.41 Å². The Morgan fingerprint density at radius 2 is 1.93 bits per heavy atom. The fourth-order valence-electron chi connectivity index (χ4n) is 1.68. The fraction of sp³-hybridized carbons (Fsp3) is 0.308. The van der Waals surface area contributed by atoms with Crippen molar-refractivity contribution in [3.05, 3.63) is 41.5 Å². The van der Waals surface area contributed by atoms with E-state index in [4.69, 9.17) is 0 Å². The molecule has 1 nitrogen and oxygen atoms in total. The van der Waals surface area contributed by atoms with Crippen LogP contribution in [-0.4, -0.2) is 6.29 Å². The van der Waals surface area contributed by atoms with Gasteiger partial charge in [-0.05, 0) is 25.3 Å². The van der Waals surface area contributed by atoms with Gasteiger partial charge in [0.25, 0.3) is 0 Å². The van der Waals surface area contributed by atoms with Crippen molar-refractivity contribution in [2.24, 2.45) is 5.41 Å². The summed E-state index contributed by atoms with van der Waals surface area (Å²) in [4.78, 5) is 10.9. The smallest absolute Gasteiger partial charge is 0.130 e. The summed E-state index contributed by atoms with van der Waals surface area (Å²) in [6.07, 6.45) is 5.25. The van der Waals surface area contributed by atoms with E-state index in [0.29, 0.717) is 0 Å². The van der Waals surface area contributed by atoms with Crippen LogP contribution in [0.1, 0.15) is 25.3 Å². The zero-order valence-electron chi connectivity index (χ0n) is 8.36. The zero-order valence-corrected chi connectivity index (χ0v) is 8.36. The lowest BCUT2D eigenvalue weighted by Crippen LogP contribution is -2.02. The molecule has 0 heterocycles. The van der Waals surface area contributed by atoms with Crippen LogP contribution in [0, 0.1) is 5.41 Å². The molecule has 0 unspecified atom stereocenters. The molecule has 1 aromatic rings. The van der Waals surface area contributed by atoms with Crippen molar-refractivity contribution in [2.45, 2.75) is 19.8 Å². The Morgan fingerprint density at radius 3 is 2.43 bits per heavy atom. The van der Waals surface area contributed by atoms with Crippen molar-refractivity contribution in [3.8, 4) is 0 Å². The van der Waals surface area contributed by atoms with E-state index in [0.717, 1.165) is 19.1 Å². The third-order valence-electron chi connectivity index (χ3n) is 2.98. The molecule has 1 fully saturated rings. The van der Waals surface area contributed by atoms with Gasteiger partial charge in [-0.3, -0.25) is 0 Å². The Hall–Kier alpha value is -1.37. The summed E-state index contributed by atoms with van der Waals surface area (Å²) in [6.45, 7) is 2.05. The summed E-state index contributed by atoms with van der Waals surface area (Å²) in [7, 11) is 0. The third kappa shape index (κ3) is 1.63. The van der Waals surface area contributed by atoms with Crippen LogP contribution in [0.3, 0.4) is 0 Å².